The summed E-state index contributed by atoms with van der Waals surface area (Å²) in [6.45, 7) is 2.25. The molecule has 1 aliphatic carbocycles. The molecule has 0 aliphatic heterocycles. The SMILES string of the molecule is CCCCc1ccc(C(=C2C=CC=C2)c2ccccc2)s1. The minimum atomic E-state index is 1.20. The highest BCUT2D eigenvalue weighted by Gasteiger charge is 2.12. The summed E-state index contributed by atoms with van der Waals surface area (Å²) in [5, 5.41) is 0. The zero-order valence-electron chi connectivity index (χ0n) is 12.4. The van der Waals surface area contributed by atoms with Crippen molar-refractivity contribution in [2.45, 2.75) is 26.2 Å². The van der Waals surface area contributed by atoms with Crippen LogP contribution in [0.3, 0.4) is 0 Å². The van der Waals surface area contributed by atoms with E-state index in [1.54, 1.807) is 0 Å². The predicted octanol–water partition coefficient (Wildman–Crippen LogP) is 6.02. The molecule has 0 spiro atoms. The van der Waals surface area contributed by atoms with Crippen molar-refractivity contribution in [2.24, 2.45) is 0 Å². The first kappa shape index (κ1) is 14.1. The summed E-state index contributed by atoms with van der Waals surface area (Å²) in [7, 11) is 0. The smallest absolute Gasteiger partial charge is 0.0357 e. The molecule has 0 radical (unpaired) electrons. The van der Waals surface area contributed by atoms with Crippen molar-refractivity contribution in [1.29, 1.82) is 0 Å². The summed E-state index contributed by atoms with van der Waals surface area (Å²) in [6, 6.07) is 15.3. The molecule has 2 aromatic rings. The standard InChI is InChI=1S/C20H20S/c1-2-3-13-18-14-15-19(21-18)20(17-11-7-8-12-17)16-9-5-4-6-10-16/h4-12,14-15H,2-3,13H2,1H3. The number of unbranched alkanes of at least 4 members (excludes halogenated alkanes) is 1. The van der Waals surface area contributed by atoms with Crippen LogP contribution in [0.25, 0.3) is 5.57 Å². The molecule has 0 fully saturated rings. The maximum Gasteiger partial charge on any atom is 0.0357 e. The Kier molecular flexibility index (Phi) is 4.52. The Balaban J connectivity index is 2.01. The van der Waals surface area contributed by atoms with Crippen LogP contribution < -0.4 is 0 Å². The molecule has 0 bridgehead atoms. The maximum absolute atomic E-state index is 2.29. The minimum absolute atomic E-state index is 1.20. The summed E-state index contributed by atoms with van der Waals surface area (Å²) in [4.78, 5) is 2.87. The van der Waals surface area contributed by atoms with Gasteiger partial charge in [0.2, 0.25) is 0 Å². The van der Waals surface area contributed by atoms with E-state index in [1.165, 1.54) is 45.7 Å². The van der Waals surface area contributed by atoms with E-state index >= 15 is 0 Å². The van der Waals surface area contributed by atoms with Gasteiger partial charge >= 0.3 is 0 Å². The molecule has 1 aromatic carbocycles. The lowest BCUT2D eigenvalue weighted by Gasteiger charge is -2.08. The fraction of sp³-hybridized carbons (Fsp3) is 0.200. The van der Waals surface area contributed by atoms with Gasteiger partial charge in [0, 0.05) is 15.3 Å². The van der Waals surface area contributed by atoms with Gasteiger partial charge in [-0.15, -0.1) is 11.3 Å². The van der Waals surface area contributed by atoms with E-state index in [9.17, 15) is 0 Å². The summed E-state index contributed by atoms with van der Waals surface area (Å²) in [6.07, 6.45) is 12.4. The van der Waals surface area contributed by atoms with E-state index in [1.807, 2.05) is 11.3 Å². The van der Waals surface area contributed by atoms with Gasteiger partial charge in [0.05, 0.1) is 0 Å². The van der Waals surface area contributed by atoms with Crippen LogP contribution in [0.15, 0.2) is 72.3 Å². The number of allylic oxidation sites excluding steroid dienone is 5. The molecule has 0 N–H and O–H groups in total. The molecule has 0 unspecified atom stereocenters. The minimum Gasteiger partial charge on any atom is -0.140 e. The molecule has 0 saturated carbocycles. The Bertz CT molecular complexity index is 670. The summed E-state index contributed by atoms with van der Waals surface area (Å²) < 4.78 is 0. The summed E-state index contributed by atoms with van der Waals surface area (Å²) in [5.41, 5.74) is 3.96. The third-order valence-corrected chi connectivity index (χ3v) is 4.86. The fourth-order valence-corrected chi connectivity index (χ4v) is 3.73. The molecule has 1 aromatic heterocycles. The van der Waals surface area contributed by atoms with Crippen molar-refractivity contribution >= 4 is 16.9 Å². The Morgan fingerprint density at radius 2 is 1.71 bits per heavy atom. The normalized spacial score (nSPS) is 13.1. The van der Waals surface area contributed by atoms with Gasteiger partial charge in [-0.3, -0.25) is 0 Å². The Morgan fingerprint density at radius 3 is 2.43 bits per heavy atom. The van der Waals surface area contributed by atoms with E-state index in [0.717, 1.165) is 0 Å². The highest BCUT2D eigenvalue weighted by molar-refractivity contribution is 7.13. The Labute approximate surface area is 131 Å². The predicted molar refractivity (Wildman–Crippen MR) is 93.7 cm³/mol. The van der Waals surface area contributed by atoms with E-state index in [-0.39, 0.29) is 0 Å². The molecule has 106 valence electrons. The third kappa shape index (κ3) is 3.25. The van der Waals surface area contributed by atoms with E-state index < -0.39 is 0 Å². The van der Waals surface area contributed by atoms with Crippen LogP contribution in [-0.4, -0.2) is 0 Å². The lowest BCUT2D eigenvalue weighted by Crippen LogP contribution is -1.88. The quantitative estimate of drug-likeness (QED) is 0.632. The van der Waals surface area contributed by atoms with Gasteiger partial charge < -0.3 is 0 Å². The molecule has 0 saturated heterocycles. The zero-order chi connectivity index (χ0) is 14.5. The van der Waals surface area contributed by atoms with Gasteiger partial charge in [0.25, 0.3) is 0 Å². The fourth-order valence-electron chi connectivity index (χ4n) is 2.59. The van der Waals surface area contributed by atoms with Gasteiger partial charge in [-0.1, -0.05) is 68.0 Å². The van der Waals surface area contributed by atoms with Crippen molar-refractivity contribution in [3.8, 4) is 0 Å². The van der Waals surface area contributed by atoms with Gasteiger partial charge in [0.1, 0.15) is 0 Å². The number of hydrogen-bond acceptors (Lipinski definition) is 1. The first-order valence-corrected chi connectivity index (χ1v) is 8.43. The molecule has 3 rings (SSSR count). The lowest BCUT2D eigenvalue weighted by atomic mass is 9.99. The molecule has 1 heteroatoms. The number of rotatable bonds is 5. The van der Waals surface area contributed by atoms with Crippen LogP contribution in [0.1, 0.15) is 35.1 Å². The first-order chi connectivity index (χ1) is 10.4. The van der Waals surface area contributed by atoms with Crippen LogP contribution in [0.4, 0.5) is 0 Å². The Morgan fingerprint density at radius 1 is 0.952 bits per heavy atom. The van der Waals surface area contributed by atoms with Crippen LogP contribution in [0.5, 0.6) is 0 Å². The first-order valence-electron chi connectivity index (χ1n) is 7.62. The van der Waals surface area contributed by atoms with E-state index in [4.69, 9.17) is 0 Å². The van der Waals surface area contributed by atoms with Gasteiger partial charge in [0.15, 0.2) is 0 Å². The highest BCUT2D eigenvalue weighted by atomic mass is 32.1. The average Bonchev–Trinajstić information content (AvgIpc) is 3.19. The Hall–Kier alpha value is -1.86. The molecule has 0 amide bonds. The monoisotopic (exact) mass is 292 g/mol. The van der Waals surface area contributed by atoms with Crippen molar-refractivity contribution in [3.63, 3.8) is 0 Å². The largest absolute Gasteiger partial charge is 0.140 e. The molecule has 0 atom stereocenters. The van der Waals surface area contributed by atoms with E-state index in [0.29, 0.717) is 0 Å². The number of benzene rings is 1. The molecule has 21 heavy (non-hydrogen) atoms. The third-order valence-electron chi connectivity index (χ3n) is 3.70. The van der Waals surface area contributed by atoms with Crippen molar-refractivity contribution in [2.75, 3.05) is 0 Å². The van der Waals surface area contributed by atoms with Gasteiger partial charge in [-0.25, -0.2) is 0 Å². The number of aryl methyl sites for hydroxylation is 1. The molecule has 1 aliphatic rings. The number of hydrogen-bond donors (Lipinski definition) is 0. The average molecular weight is 292 g/mol. The molecule has 0 nitrogen and oxygen atoms in total. The van der Waals surface area contributed by atoms with Crippen LogP contribution in [0, 0.1) is 0 Å². The van der Waals surface area contributed by atoms with Gasteiger partial charge in [-0.2, -0.15) is 0 Å². The highest BCUT2D eigenvalue weighted by Crippen LogP contribution is 2.34. The van der Waals surface area contributed by atoms with Crippen molar-refractivity contribution < 1.29 is 0 Å². The summed E-state index contributed by atoms with van der Waals surface area (Å²) >= 11 is 1.94. The van der Waals surface area contributed by atoms with Crippen LogP contribution in [-0.2, 0) is 6.42 Å². The summed E-state index contributed by atoms with van der Waals surface area (Å²) in [5.74, 6) is 0. The van der Waals surface area contributed by atoms with Gasteiger partial charge in [-0.05, 0) is 36.1 Å². The molecular formula is C20H20S. The second kappa shape index (κ2) is 6.73. The molecule has 1 heterocycles. The van der Waals surface area contributed by atoms with Crippen molar-refractivity contribution in [3.05, 3.63) is 87.7 Å². The maximum atomic E-state index is 2.29. The second-order valence-electron chi connectivity index (χ2n) is 5.28. The zero-order valence-corrected chi connectivity index (χ0v) is 13.2. The van der Waals surface area contributed by atoms with Crippen LogP contribution in [0.2, 0.25) is 0 Å². The van der Waals surface area contributed by atoms with Crippen LogP contribution >= 0.6 is 11.3 Å². The molecular weight excluding hydrogens is 272 g/mol. The van der Waals surface area contributed by atoms with Crippen molar-refractivity contribution in [1.82, 2.24) is 0 Å². The lowest BCUT2D eigenvalue weighted by molar-refractivity contribution is 0.804. The van der Waals surface area contributed by atoms with E-state index in [2.05, 4.69) is 73.7 Å². The second-order valence-corrected chi connectivity index (χ2v) is 6.45. The number of thiophene rings is 1. The topological polar surface area (TPSA) is 0 Å².